The summed E-state index contributed by atoms with van der Waals surface area (Å²) in [7, 11) is 0. The van der Waals surface area contributed by atoms with Crippen LogP contribution in [0.5, 0.6) is 5.75 Å². The molecule has 0 saturated carbocycles. The maximum atomic E-state index is 12.8. The fraction of sp³-hybridized carbons (Fsp3) is 0.292. The van der Waals surface area contributed by atoms with Crippen LogP contribution < -0.4 is 10.1 Å². The fourth-order valence-corrected chi connectivity index (χ4v) is 3.96. The normalized spacial score (nSPS) is 13.6. The Kier molecular flexibility index (Phi) is 4.39. The molecule has 0 aliphatic heterocycles. The average molecular weight is 359 g/mol. The van der Waals surface area contributed by atoms with Gasteiger partial charge in [-0.05, 0) is 85.9 Å². The Bertz CT molecular complexity index is 1040. The minimum atomic E-state index is -0.576. The topological polar surface area (TPSA) is 38.3 Å². The number of aryl methyl sites for hydroxylation is 4. The first kappa shape index (κ1) is 17.6. The zero-order chi connectivity index (χ0) is 19.1. The molecule has 1 atom stereocenters. The predicted octanol–water partition coefficient (Wildman–Crippen LogP) is 5.27. The van der Waals surface area contributed by atoms with Crippen LogP contribution in [0.15, 0.2) is 42.5 Å². The lowest BCUT2D eigenvalue weighted by Crippen LogP contribution is -2.30. The fourth-order valence-electron chi connectivity index (χ4n) is 3.96. The Morgan fingerprint density at radius 2 is 1.78 bits per heavy atom. The van der Waals surface area contributed by atoms with Crippen molar-refractivity contribution in [3.8, 4) is 5.75 Å². The van der Waals surface area contributed by atoms with Gasteiger partial charge < -0.3 is 10.1 Å². The highest BCUT2D eigenvalue weighted by atomic mass is 16.5. The highest BCUT2D eigenvalue weighted by Crippen LogP contribution is 2.35. The van der Waals surface area contributed by atoms with E-state index in [1.165, 1.54) is 22.1 Å². The average Bonchev–Trinajstić information content (AvgIpc) is 3.06. The standard InChI is InChI=1S/C24H25NO2/c1-14-12-15(2)16(3)22(13-14)27-17(4)24(26)25-21-11-10-19-9-8-18-6-5-7-20(21)23(18)19/h5-7,10-13,17H,8-9H2,1-4H3,(H,25,26)/t17-/m1/s1. The van der Waals surface area contributed by atoms with Crippen molar-refractivity contribution >= 4 is 22.4 Å². The molecule has 0 aromatic heterocycles. The monoisotopic (exact) mass is 359 g/mol. The summed E-state index contributed by atoms with van der Waals surface area (Å²) in [6, 6.07) is 14.6. The molecule has 1 aliphatic carbocycles. The lowest BCUT2D eigenvalue weighted by Gasteiger charge is -2.18. The van der Waals surface area contributed by atoms with Gasteiger partial charge in [0.25, 0.3) is 5.91 Å². The quantitative estimate of drug-likeness (QED) is 0.689. The number of hydrogen-bond acceptors (Lipinski definition) is 2. The van der Waals surface area contributed by atoms with Gasteiger partial charge in [0.15, 0.2) is 6.10 Å². The highest BCUT2D eigenvalue weighted by Gasteiger charge is 2.20. The number of amides is 1. The molecule has 0 unspecified atom stereocenters. The summed E-state index contributed by atoms with van der Waals surface area (Å²) in [5, 5.41) is 5.49. The molecule has 1 N–H and O–H groups in total. The van der Waals surface area contributed by atoms with Gasteiger partial charge in [0.05, 0.1) is 0 Å². The van der Waals surface area contributed by atoms with Crippen molar-refractivity contribution in [2.75, 3.05) is 5.32 Å². The molecule has 1 aliphatic rings. The first-order valence-electron chi connectivity index (χ1n) is 9.53. The minimum Gasteiger partial charge on any atom is -0.481 e. The zero-order valence-corrected chi connectivity index (χ0v) is 16.3. The van der Waals surface area contributed by atoms with E-state index in [1.807, 2.05) is 26.0 Å². The van der Waals surface area contributed by atoms with E-state index in [9.17, 15) is 4.79 Å². The van der Waals surface area contributed by atoms with Crippen molar-refractivity contribution in [1.82, 2.24) is 0 Å². The molecule has 0 fully saturated rings. The van der Waals surface area contributed by atoms with Crippen LogP contribution in [-0.4, -0.2) is 12.0 Å². The molecule has 3 nitrogen and oxygen atoms in total. The Hall–Kier alpha value is -2.81. The summed E-state index contributed by atoms with van der Waals surface area (Å²) in [5.74, 6) is 0.641. The van der Waals surface area contributed by atoms with Crippen molar-refractivity contribution < 1.29 is 9.53 Å². The van der Waals surface area contributed by atoms with Crippen molar-refractivity contribution in [2.45, 2.75) is 46.6 Å². The maximum Gasteiger partial charge on any atom is 0.265 e. The van der Waals surface area contributed by atoms with Gasteiger partial charge in [-0.25, -0.2) is 0 Å². The predicted molar refractivity (Wildman–Crippen MR) is 111 cm³/mol. The molecule has 0 spiro atoms. The van der Waals surface area contributed by atoms with E-state index in [-0.39, 0.29) is 5.91 Å². The van der Waals surface area contributed by atoms with Crippen LogP contribution in [0.3, 0.4) is 0 Å². The van der Waals surface area contributed by atoms with Gasteiger partial charge >= 0.3 is 0 Å². The van der Waals surface area contributed by atoms with E-state index >= 15 is 0 Å². The van der Waals surface area contributed by atoms with Gasteiger partial charge in [-0.2, -0.15) is 0 Å². The molecule has 0 radical (unpaired) electrons. The van der Waals surface area contributed by atoms with Crippen molar-refractivity contribution in [1.29, 1.82) is 0 Å². The Balaban J connectivity index is 1.57. The number of ether oxygens (including phenoxy) is 1. The lowest BCUT2D eigenvalue weighted by atomic mass is 10.0. The second-order valence-corrected chi connectivity index (χ2v) is 7.57. The Labute approximate surface area is 160 Å². The SMILES string of the molecule is Cc1cc(C)c(C)c(O[C@H](C)C(=O)Nc2ccc3c4c(cccc24)CC3)c1. The number of nitrogens with one attached hydrogen (secondary N) is 1. The molecule has 0 saturated heterocycles. The van der Waals surface area contributed by atoms with Crippen LogP contribution in [0.25, 0.3) is 10.8 Å². The third-order valence-corrected chi connectivity index (χ3v) is 5.57. The molecule has 0 bridgehead atoms. The largest absolute Gasteiger partial charge is 0.481 e. The van der Waals surface area contributed by atoms with Crippen molar-refractivity contribution in [2.24, 2.45) is 0 Å². The molecule has 4 rings (SSSR count). The number of carbonyl (C=O) groups excluding carboxylic acids is 1. The van der Waals surface area contributed by atoms with E-state index in [1.54, 1.807) is 6.92 Å². The Morgan fingerprint density at radius 3 is 2.56 bits per heavy atom. The number of benzene rings is 3. The second kappa shape index (κ2) is 6.73. The zero-order valence-electron chi connectivity index (χ0n) is 16.3. The molecular formula is C24H25NO2. The molecule has 1 amide bonds. The van der Waals surface area contributed by atoms with Gasteiger partial charge in [-0.1, -0.05) is 30.3 Å². The first-order valence-corrected chi connectivity index (χ1v) is 9.53. The number of carbonyl (C=O) groups is 1. The van der Waals surface area contributed by atoms with E-state index in [4.69, 9.17) is 4.74 Å². The molecule has 3 heteroatoms. The molecule has 138 valence electrons. The van der Waals surface area contributed by atoms with Gasteiger partial charge in [-0.3, -0.25) is 4.79 Å². The third kappa shape index (κ3) is 3.18. The molecule has 27 heavy (non-hydrogen) atoms. The van der Waals surface area contributed by atoms with Crippen LogP contribution in [0.1, 0.15) is 34.7 Å². The summed E-state index contributed by atoms with van der Waals surface area (Å²) in [6.07, 6.45) is 1.58. The third-order valence-electron chi connectivity index (χ3n) is 5.57. The number of hydrogen-bond donors (Lipinski definition) is 1. The van der Waals surface area contributed by atoms with Gasteiger partial charge in [0, 0.05) is 11.1 Å². The summed E-state index contributed by atoms with van der Waals surface area (Å²) in [4.78, 5) is 12.8. The summed E-state index contributed by atoms with van der Waals surface area (Å²) in [5.41, 5.74) is 6.97. The molecule has 3 aromatic carbocycles. The van der Waals surface area contributed by atoms with Crippen molar-refractivity contribution in [3.63, 3.8) is 0 Å². The van der Waals surface area contributed by atoms with Crippen LogP contribution in [0.4, 0.5) is 5.69 Å². The van der Waals surface area contributed by atoms with E-state index in [0.717, 1.165) is 40.8 Å². The molecular weight excluding hydrogens is 334 g/mol. The van der Waals surface area contributed by atoms with Crippen LogP contribution in [0.2, 0.25) is 0 Å². The van der Waals surface area contributed by atoms with Crippen LogP contribution in [-0.2, 0) is 17.6 Å². The van der Waals surface area contributed by atoms with Gasteiger partial charge in [0.2, 0.25) is 0 Å². The molecule has 3 aromatic rings. The second-order valence-electron chi connectivity index (χ2n) is 7.57. The minimum absolute atomic E-state index is 0.132. The lowest BCUT2D eigenvalue weighted by molar-refractivity contribution is -0.122. The number of rotatable bonds is 4. The van der Waals surface area contributed by atoms with Crippen LogP contribution in [0, 0.1) is 20.8 Å². The number of anilines is 1. The van der Waals surface area contributed by atoms with Crippen molar-refractivity contribution in [3.05, 3.63) is 70.3 Å². The maximum absolute atomic E-state index is 12.8. The van der Waals surface area contributed by atoms with E-state index < -0.39 is 6.10 Å². The Morgan fingerprint density at radius 1 is 1.04 bits per heavy atom. The van der Waals surface area contributed by atoms with Gasteiger partial charge in [-0.15, -0.1) is 0 Å². The summed E-state index contributed by atoms with van der Waals surface area (Å²) in [6.45, 7) is 7.92. The summed E-state index contributed by atoms with van der Waals surface area (Å²) >= 11 is 0. The first-order chi connectivity index (χ1) is 12.9. The summed E-state index contributed by atoms with van der Waals surface area (Å²) < 4.78 is 6.00. The highest BCUT2D eigenvalue weighted by molar-refractivity contribution is 6.06. The van der Waals surface area contributed by atoms with E-state index in [0.29, 0.717) is 0 Å². The van der Waals surface area contributed by atoms with Crippen LogP contribution >= 0.6 is 0 Å². The van der Waals surface area contributed by atoms with Gasteiger partial charge in [0.1, 0.15) is 5.75 Å². The van der Waals surface area contributed by atoms with E-state index in [2.05, 4.69) is 42.6 Å². The smallest absolute Gasteiger partial charge is 0.265 e. The molecule has 0 heterocycles.